The van der Waals surface area contributed by atoms with E-state index in [-0.39, 0.29) is 5.91 Å². The average Bonchev–Trinajstić information content (AvgIpc) is 2.83. The van der Waals surface area contributed by atoms with Gasteiger partial charge < -0.3 is 5.32 Å². The third kappa shape index (κ3) is 4.75. The van der Waals surface area contributed by atoms with Crippen molar-refractivity contribution in [2.75, 3.05) is 6.54 Å². The zero-order valence-electron chi connectivity index (χ0n) is 10.6. The van der Waals surface area contributed by atoms with Crippen molar-refractivity contribution in [1.82, 2.24) is 15.1 Å². The fourth-order valence-electron chi connectivity index (χ4n) is 1.76. The van der Waals surface area contributed by atoms with E-state index in [1.165, 1.54) is 5.56 Å². The largest absolute Gasteiger partial charge is 0.354 e. The molecule has 0 fully saturated rings. The highest BCUT2D eigenvalue weighted by atomic mass is 35.5. The van der Waals surface area contributed by atoms with E-state index in [9.17, 15) is 4.79 Å². The Labute approximate surface area is 117 Å². The summed E-state index contributed by atoms with van der Waals surface area (Å²) < 4.78 is 1.71. The normalized spacial score (nSPS) is 10.4. The number of hydrogen-bond donors (Lipinski definition) is 1. The number of carbonyl (C=O) groups excluding carboxylic acids is 1. The van der Waals surface area contributed by atoms with Crippen LogP contribution in [0.2, 0.25) is 5.02 Å². The molecule has 1 heterocycles. The van der Waals surface area contributed by atoms with Crippen LogP contribution in [-0.4, -0.2) is 22.2 Å². The van der Waals surface area contributed by atoms with Crippen LogP contribution in [0.25, 0.3) is 0 Å². The minimum atomic E-state index is 0.0575. The Balaban J connectivity index is 1.65. The quantitative estimate of drug-likeness (QED) is 0.881. The number of amides is 1. The summed E-state index contributed by atoms with van der Waals surface area (Å²) in [5.74, 6) is 0.0575. The lowest BCUT2D eigenvalue weighted by Gasteiger charge is -2.05. The fraction of sp³-hybridized carbons (Fsp3) is 0.286. The first-order valence-corrected chi connectivity index (χ1v) is 6.60. The van der Waals surface area contributed by atoms with Crippen molar-refractivity contribution in [1.29, 1.82) is 0 Å². The second-order valence-corrected chi connectivity index (χ2v) is 4.69. The van der Waals surface area contributed by atoms with Crippen molar-refractivity contribution in [3.63, 3.8) is 0 Å². The summed E-state index contributed by atoms with van der Waals surface area (Å²) in [6.07, 6.45) is 4.58. The molecule has 0 unspecified atom stereocenters. The van der Waals surface area contributed by atoms with Gasteiger partial charge in [-0.1, -0.05) is 41.9 Å². The summed E-state index contributed by atoms with van der Waals surface area (Å²) in [5.41, 5.74) is 1.18. The van der Waals surface area contributed by atoms with Crippen LogP contribution >= 0.6 is 11.6 Å². The topological polar surface area (TPSA) is 46.9 Å². The van der Waals surface area contributed by atoms with E-state index >= 15 is 0 Å². The molecule has 0 aliphatic rings. The number of hydrogen-bond acceptors (Lipinski definition) is 2. The highest BCUT2D eigenvalue weighted by molar-refractivity contribution is 6.30. The van der Waals surface area contributed by atoms with Gasteiger partial charge in [0.15, 0.2) is 0 Å². The minimum absolute atomic E-state index is 0.0575. The maximum absolute atomic E-state index is 11.6. The van der Waals surface area contributed by atoms with Gasteiger partial charge in [-0.25, -0.2) is 0 Å². The minimum Gasteiger partial charge on any atom is -0.354 e. The molecule has 5 heteroatoms. The van der Waals surface area contributed by atoms with E-state index in [2.05, 4.69) is 10.4 Å². The molecule has 0 bridgehead atoms. The van der Waals surface area contributed by atoms with Gasteiger partial charge in [-0.15, -0.1) is 0 Å². The average molecular weight is 278 g/mol. The van der Waals surface area contributed by atoms with Gasteiger partial charge in [-0.05, 0) is 12.0 Å². The van der Waals surface area contributed by atoms with E-state index < -0.39 is 0 Å². The Bertz CT molecular complexity index is 524. The van der Waals surface area contributed by atoms with Crippen molar-refractivity contribution in [3.8, 4) is 0 Å². The summed E-state index contributed by atoms with van der Waals surface area (Å²) in [6, 6.07) is 9.99. The van der Waals surface area contributed by atoms with Gasteiger partial charge in [0.2, 0.25) is 5.91 Å². The van der Waals surface area contributed by atoms with E-state index in [4.69, 9.17) is 11.6 Å². The number of rotatable bonds is 6. The highest BCUT2D eigenvalue weighted by Crippen LogP contribution is 2.04. The second kappa shape index (κ2) is 6.95. The standard InChI is InChI=1S/C14H16ClN3O/c15-13-10-17-18(11-13)9-8-16-14(19)7-6-12-4-2-1-3-5-12/h1-5,10-11H,6-9H2,(H,16,19). The van der Waals surface area contributed by atoms with Gasteiger partial charge in [0.05, 0.1) is 17.8 Å². The van der Waals surface area contributed by atoms with Crippen molar-refractivity contribution in [2.24, 2.45) is 0 Å². The third-order valence-corrected chi connectivity index (χ3v) is 2.94. The highest BCUT2D eigenvalue weighted by Gasteiger charge is 2.02. The number of nitrogens with zero attached hydrogens (tertiary/aromatic N) is 2. The second-order valence-electron chi connectivity index (χ2n) is 4.26. The number of carbonyl (C=O) groups is 1. The van der Waals surface area contributed by atoms with E-state index in [1.807, 2.05) is 30.3 Å². The molecule has 2 rings (SSSR count). The van der Waals surface area contributed by atoms with Gasteiger partial charge in [-0.3, -0.25) is 9.48 Å². The summed E-state index contributed by atoms with van der Waals surface area (Å²) in [7, 11) is 0. The van der Waals surface area contributed by atoms with Crippen LogP contribution in [0.5, 0.6) is 0 Å². The Kier molecular flexibility index (Phi) is 4.98. The number of benzene rings is 1. The van der Waals surface area contributed by atoms with E-state index in [0.717, 1.165) is 6.42 Å². The Morgan fingerprint density at radius 2 is 2.11 bits per heavy atom. The molecule has 4 nitrogen and oxygen atoms in total. The van der Waals surface area contributed by atoms with Gasteiger partial charge in [0.25, 0.3) is 0 Å². The molecule has 0 radical (unpaired) electrons. The summed E-state index contributed by atoms with van der Waals surface area (Å²) >= 11 is 5.75. The summed E-state index contributed by atoms with van der Waals surface area (Å²) in [4.78, 5) is 11.6. The molecular formula is C14H16ClN3O. The van der Waals surface area contributed by atoms with Gasteiger partial charge in [0.1, 0.15) is 0 Å². The molecule has 0 saturated carbocycles. The lowest BCUT2D eigenvalue weighted by molar-refractivity contribution is -0.121. The van der Waals surface area contributed by atoms with Gasteiger partial charge in [-0.2, -0.15) is 5.10 Å². The zero-order chi connectivity index (χ0) is 13.5. The maximum atomic E-state index is 11.6. The summed E-state index contributed by atoms with van der Waals surface area (Å²) in [6.45, 7) is 1.19. The van der Waals surface area contributed by atoms with Crippen molar-refractivity contribution in [2.45, 2.75) is 19.4 Å². The Morgan fingerprint density at radius 1 is 1.32 bits per heavy atom. The van der Waals surface area contributed by atoms with Crippen LogP contribution in [-0.2, 0) is 17.8 Å². The number of aryl methyl sites for hydroxylation is 1. The monoisotopic (exact) mass is 277 g/mol. The fourth-order valence-corrected chi connectivity index (χ4v) is 1.92. The molecule has 1 N–H and O–H groups in total. The third-order valence-electron chi connectivity index (χ3n) is 2.75. The Hall–Kier alpha value is -1.81. The first kappa shape index (κ1) is 13.6. The molecule has 0 atom stereocenters. The van der Waals surface area contributed by atoms with Crippen LogP contribution in [0.3, 0.4) is 0 Å². The summed E-state index contributed by atoms with van der Waals surface area (Å²) in [5, 5.41) is 7.51. The lowest BCUT2D eigenvalue weighted by atomic mass is 10.1. The molecule has 1 amide bonds. The van der Waals surface area contributed by atoms with Crippen molar-refractivity contribution >= 4 is 17.5 Å². The predicted octanol–water partition coefficient (Wildman–Crippen LogP) is 2.29. The molecule has 0 spiro atoms. The molecule has 1 aromatic carbocycles. The van der Waals surface area contributed by atoms with Gasteiger partial charge >= 0.3 is 0 Å². The molecule has 0 aliphatic heterocycles. The van der Waals surface area contributed by atoms with Gasteiger partial charge in [0, 0.05) is 19.2 Å². The SMILES string of the molecule is O=C(CCc1ccccc1)NCCn1cc(Cl)cn1. The molecule has 0 aliphatic carbocycles. The number of halogens is 1. The van der Waals surface area contributed by atoms with Crippen molar-refractivity contribution in [3.05, 3.63) is 53.3 Å². The Morgan fingerprint density at radius 3 is 2.79 bits per heavy atom. The molecule has 1 aromatic heterocycles. The van der Waals surface area contributed by atoms with Crippen LogP contribution in [0.4, 0.5) is 0 Å². The molecule has 0 saturated heterocycles. The first-order valence-electron chi connectivity index (χ1n) is 6.22. The van der Waals surface area contributed by atoms with Crippen LogP contribution in [0, 0.1) is 0 Å². The maximum Gasteiger partial charge on any atom is 0.220 e. The van der Waals surface area contributed by atoms with E-state index in [0.29, 0.717) is 24.5 Å². The van der Waals surface area contributed by atoms with E-state index in [1.54, 1.807) is 17.1 Å². The van der Waals surface area contributed by atoms with Crippen molar-refractivity contribution < 1.29 is 4.79 Å². The van der Waals surface area contributed by atoms with Crippen LogP contribution in [0.15, 0.2) is 42.7 Å². The van der Waals surface area contributed by atoms with Crippen LogP contribution < -0.4 is 5.32 Å². The molecule has 100 valence electrons. The predicted molar refractivity (Wildman–Crippen MR) is 75.0 cm³/mol. The smallest absolute Gasteiger partial charge is 0.220 e. The molecular weight excluding hydrogens is 262 g/mol. The number of nitrogens with one attached hydrogen (secondary N) is 1. The first-order chi connectivity index (χ1) is 9.24. The lowest BCUT2D eigenvalue weighted by Crippen LogP contribution is -2.27. The zero-order valence-corrected chi connectivity index (χ0v) is 11.3. The van der Waals surface area contributed by atoms with Crippen LogP contribution in [0.1, 0.15) is 12.0 Å². The molecule has 2 aromatic rings. The molecule has 19 heavy (non-hydrogen) atoms. The number of aromatic nitrogens is 2.